The van der Waals surface area contributed by atoms with E-state index in [1.165, 1.54) is 5.56 Å². The number of nitrogens with one attached hydrogen (secondary N) is 1. The summed E-state index contributed by atoms with van der Waals surface area (Å²) in [6, 6.07) is 0. The van der Waals surface area contributed by atoms with Gasteiger partial charge in [0.15, 0.2) is 0 Å². The molecule has 1 aromatic heterocycles. The van der Waals surface area contributed by atoms with Crippen molar-refractivity contribution >= 4 is 11.6 Å². The number of hydrogen-bond acceptors (Lipinski definition) is 3. The molecule has 1 N–H and O–H groups in total. The summed E-state index contributed by atoms with van der Waals surface area (Å²) in [7, 11) is 1.90. The average Bonchev–Trinajstić information content (AvgIpc) is 2.64. The number of ether oxygens (including phenoxy) is 1. The standard InChI is InChI=1S/C14H24ClN3O/c1-4-16-10-14(5-7-19-8-6-14)9-12-11(2)17-18(3)13(12)15/h16H,4-10H2,1-3H3. The lowest BCUT2D eigenvalue weighted by molar-refractivity contribution is 0.0151. The second kappa shape index (κ2) is 6.25. The second-order valence-corrected chi connectivity index (χ2v) is 5.91. The van der Waals surface area contributed by atoms with Gasteiger partial charge in [-0.1, -0.05) is 18.5 Å². The molecule has 2 rings (SSSR count). The Kier molecular flexibility index (Phi) is 4.87. The topological polar surface area (TPSA) is 39.1 Å². The first kappa shape index (κ1) is 14.8. The summed E-state index contributed by atoms with van der Waals surface area (Å²) in [4.78, 5) is 0. The van der Waals surface area contributed by atoms with E-state index in [4.69, 9.17) is 16.3 Å². The lowest BCUT2D eigenvalue weighted by Crippen LogP contribution is -2.41. The first-order valence-electron chi connectivity index (χ1n) is 7.04. The van der Waals surface area contributed by atoms with Crippen molar-refractivity contribution in [3.63, 3.8) is 0 Å². The molecule has 108 valence electrons. The summed E-state index contributed by atoms with van der Waals surface area (Å²) in [6.45, 7) is 7.92. The normalized spacial score (nSPS) is 18.7. The lowest BCUT2D eigenvalue weighted by Gasteiger charge is -2.37. The van der Waals surface area contributed by atoms with E-state index < -0.39 is 0 Å². The van der Waals surface area contributed by atoms with Crippen molar-refractivity contribution in [3.8, 4) is 0 Å². The Labute approximate surface area is 120 Å². The van der Waals surface area contributed by atoms with Gasteiger partial charge >= 0.3 is 0 Å². The summed E-state index contributed by atoms with van der Waals surface area (Å²) in [5.74, 6) is 0. The Morgan fingerprint density at radius 2 is 2.11 bits per heavy atom. The fourth-order valence-electron chi connectivity index (χ4n) is 2.86. The van der Waals surface area contributed by atoms with Crippen LogP contribution < -0.4 is 5.32 Å². The van der Waals surface area contributed by atoms with Gasteiger partial charge in [-0.25, -0.2) is 0 Å². The third-order valence-electron chi connectivity index (χ3n) is 4.13. The number of aryl methyl sites for hydroxylation is 2. The Morgan fingerprint density at radius 3 is 2.63 bits per heavy atom. The Morgan fingerprint density at radius 1 is 1.42 bits per heavy atom. The van der Waals surface area contributed by atoms with Gasteiger partial charge in [0.1, 0.15) is 5.15 Å². The zero-order chi connectivity index (χ0) is 13.9. The molecule has 0 spiro atoms. The van der Waals surface area contributed by atoms with Crippen molar-refractivity contribution in [3.05, 3.63) is 16.4 Å². The molecule has 0 aliphatic carbocycles. The molecule has 5 heteroatoms. The quantitative estimate of drug-likeness (QED) is 0.902. The van der Waals surface area contributed by atoms with Crippen molar-refractivity contribution in [1.82, 2.24) is 15.1 Å². The molecule has 19 heavy (non-hydrogen) atoms. The monoisotopic (exact) mass is 285 g/mol. The second-order valence-electron chi connectivity index (χ2n) is 5.55. The number of hydrogen-bond donors (Lipinski definition) is 1. The fraction of sp³-hybridized carbons (Fsp3) is 0.786. The molecule has 0 saturated carbocycles. The third-order valence-corrected chi connectivity index (χ3v) is 4.60. The molecule has 1 aliphatic heterocycles. The molecule has 0 atom stereocenters. The van der Waals surface area contributed by atoms with Crippen LogP contribution in [-0.2, 0) is 18.2 Å². The van der Waals surface area contributed by atoms with Crippen LogP contribution in [0.5, 0.6) is 0 Å². The maximum atomic E-state index is 6.38. The van der Waals surface area contributed by atoms with Crippen LogP contribution in [-0.4, -0.2) is 36.1 Å². The highest BCUT2D eigenvalue weighted by atomic mass is 35.5. The van der Waals surface area contributed by atoms with Crippen LogP contribution in [0.4, 0.5) is 0 Å². The number of nitrogens with zero attached hydrogens (tertiary/aromatic N) is 2. The molecular weight excluding hydrogens is 262 g/mol. The minimum Gasteiger partial charge on any atom is -0.381 e. The zero-order valence-corrected chi connectivity index (χ0v) is 12.9. The van der Waals surface area contributed by atoms with Gasteiger partial charge in [0, 0.05) is 32.4 Å². The van der Waals surface area contributed by atoms with Crippen molar-refractivity contribution < 1.29 is 4.74 Å². The molecule has 0 bridgehead atoms. The van der Waals surface area contributed by atoms with Crippen molar-refractivity contribution in [2.24, 2.45) is 12.5 Å². The molecule has 1 saturated heterocycles. The van der Waals surface area contributed by atoms with Crippen LogP contribution in [0.25, 0.3) is 0 Å². The van der Waals surface area contributed by atoms with Crippen molar-refractivity contribution in [2.75, 3.05) is 26.3 Å². The smallest absolute Gasteiger partial charge is 0.130 e. The molecule has 1 fully saturated rings. The summed E-state index contributed by atoms with van der Waals surface area (Å²) in [5, 5.41) is 8.70. The van der Waals surface area contributed by atoms with Crippen LogP contribution in [0.2, 0.25) is 5.15 Å². The molecule has 0 unspecified atom stereocenters. The molecule has 0 radical (unpaired) electrons. The Balaban J connectivity index is 2.19. The molecule has 0 amide bonds. The summed E-state index contributed by atoms with van der Waals surface area (Å²) >= 11 is 6.38. The average molecular weight is 286 g/mol. The van der Waals surface area contributed by atoms with Crippen LogP contribution in [0.15, 0.2) is 0 Å². The van der Waals surface area contributed by atoms with E-state index in [0.717, 1.165) is 56.4 Å². The summed E-state index contributed by atoms with van der Waals surface area (Å²) in [5.41, 5.74) is 2.50. The first-order chi connectivity index (χ1) is 9.08. The number of halogens is 1. The molecule has 4 nitrogen and oxygen atoms in total. The summed E-state index contributed by atoms with van der Waals surface area (Å²) < 4.78 is 7.30. The van der Waals surface area contributed by atoms with Crippen LogP contribution in [0.1, 0.15) is 31.0 Å². The van der Waals surface area contributed by atoms with Gasteiger partial charge in [0.25, 0.3) is 0 Å². The van der Waals surface area contributed by atoms with E-state index in [2.05, 4.69) is 17.3 Å². The number of aromatic nitrogens is 2. The Bertz CT molecular complexity index is 425. The minimum atomic E-state index is 0.256. The first-order valence-corrected chi connectivity index (χ1v) is 7.42. The highest BCUT2D eigenvalue weighted by Crippen LogP contribution is 2.36. The van der Waals surface area contributed by atoms with E-state index in [1.54, 1.807) is 4.68 Å². The molecule has 1 aliphatic rings. The van der Waals surface area contributed by atoms with Crippen molar-refractivity contribution in [1.29, 1.82) is 0 Å². The van der Waals surface area contributed by atoms with Gasteiger partial charge in [-0.2, -0.15) is 5.10 Å². The molecule has 1 aromatic rings. The predicted octanol–water partition coefficient (Wildman–Crippen LogP) is 2.33. The number of rotatable bonds is 5. The van der Waals surface area contributed by atoms with E-state index in [0.29, 0.717) is 0 Å². The molecule has 2 heterocycles. The zero-order valence-electron chi connectivity index (χ0n) is 12.1. The lowest BCUT2D eigenvalue weighted by atomic mass is 9.75. The van der Waals surface area contributed by atoms with Gasteiger partial charge in [-0.05, 0) is 38.1 Å². The SMILES string of the molecule is CCNCC1(Cc2c(C)nn(C)c2Cl)CCOCC1. The van der Waals surface area contributed by atoms with Crippen LogP contribution in [0.3, 0.4) is 0 Å². The van der Waals surface area contributed by atoms with E-state index >= 15 is 0 Å². The third kappa shape index (κ3) is 3.30. The fourth-order valence-corrected chi connectivity index (χ4v) is 3.10. The predicted molar refractivity (Wildman–Crippen MR) is 77.7 cm³/mol. The van der Waals surface area contributed by atoms with Gasteiger partial charge in [-0.15, -0.1) is 0 Å². The Hall–Kier alpha value is -0.580. The van der Waals surface area contributed by atoms with E-state index in [-0.39, 0.29) is 5.41 Å². The minimum absolute atomic E-state index is 0.256. The van der Waals surface area contributed by atoms with Gasteiger partial charge < -0.3 is 10.1 Å². The summed E-state index contributed by atoms with van der Waals surface area (Å²) in [6.07, 6.45) is 3.16. The maximum Gasteiger partial charge on any atom is 0.130 e. The van der Waals surface area contributed by atoms with Gasteiger partial charge in [-0.3, -0.25) is 4.68 Å². The van der Waals surface area contributed by atoms with Gasteiger partial charge in [0.05, 0.1) is 5.69 Å². The van der Waals surface area contributed by atoms with Crippen LogP contribution >= 0.6 is 11.6 Å². The molecule has 0 aromatic carbocycles. The molecular formula is C14H24ClN3O. The van der Waals surface area contributed by atoms with Crippen molar-refractivity contribution in [2.45, 2.75) is 33.1 Å². The van der Waals surface area contributed by atoms with Crippen LogP contribution in [0, 0.1) is 12.3 Å². The highest BCUT2D eigenvalue weighted by molar-refractivity contribution is 6.30. The highest BCUT2D eigenvalue weighted by Gasteiger charge is 2.34. The van der Waals surface area contributed by atoms with E-state index in [1.807, 2.05) is 14.0 Å². The largest absolute Gasteiger partial charge is 0.381 e. The van der Waals surface area contributed by atoms with E-state index in [9.17, 15) is 0 Å². The van der Waals surface area contributed by atoms with Gasteiger partial charge in [0.2, 0.25) is 0 Å². The maximum absolute atomic E-state index is 6.38.